The van der Waals surface area contributed by atoms with Gasteiger partial charge in [-0.05, 0) is 37.2 Å². The summed E-state index contributed by atoms with van der Waals surface area (Å²) in [5.74, 6) is -0.409. The molecule has 1 unspecified atom stereocenters. The van der Waals surface area contributed by atoms with Crippen molar-refractivity contribution in [1.29, 1.82) is 0 Å². The lowest BCUT2D eigenvalue weighted by Gasteiger charge is -2.36. The topological polar surface area (TPSA) is 61.8 Å². The van der Waals surface area contributed by atoms with Gasteiger partial charge in [-0.15, -0.1) is 0 Å². The van der Waals surface area contributed by atoms with Crippen molar-refractivity contribution in [3.63, 3.8) is 0 Å². The summed E-state index contributed by atoms with van der Waals surface area (Å²) in [7, 11) is -2.02. The zero-order chi connectivity index (χ0) is 20.1. The van der Waals surface area contributed by atoms with Crippen molar-refractivity contribution in [3.8, 4) is 5.75 Å². The zero-order valence-corrected chi connectivity index (χ0v) is 17.8. The minimum Gasteiger partial charge on any atom is -0.543 e. The van der Waals surface area contributed by atoms with E-state index in [9.17, 15) is 9.59 Å². The smallest absolute Gasteiger partial charge is 0.337 e. The van der Waals surface area contributed by atoms with Gasteiger partial charge in [0.1, 0.15) is 5.75 Å². The van der Waals surface area contributed by atoms with E-state index in [4.69, 9.17) is 13.9 Å². The molecule has 0 spiro atoms. The lowest BCUT2D eigenvalue weighted by atomic mass is 10.0. The molecule has 0 saturated carbocycles. The van der Waals surface area contributed by atoms with Crippen LogP contribution < -0.4 is 4.43 Å². The number of hydrogen-bond donors (Lipinski definition) is 0. The first-order chi connectivity index (χ1) is 11.9. The van der Waals surface area contributed by atoms with Crippen molar-refractivity contribution in [2.45, 2.75) is 58.9 Å². The molecule has 26 heavy (non-hydrogen) atoms. The van der Waals surface area contributed by atoms with Gasteiger partial charge in [-0.25, -0.2) is 4.79 Å². The average molecular weight is 379 g/mol. The zero-order valence-electron chi connectivity index (χ0n) is 16.8. The number of ether oxygens (including phenoxy) is 2. The Labute approximate surface area is 157 Å². The highest BCUT2D eigenvalue weighted by Gasteiger charge is 2.39. The number of esters is 2. The fourth-order valence-electron chi connectivity index (χ4n) is 2.03. The van der Waals surface area contributed by atoms with Crippen LogP contribution in [0.25, 0.3) is 0 Å². The minimum atomic E-state index is -2.02. The fourth-order valence-corrected chi connectivity index (χ4v) is 3.05. The molecule has 1 rings (SSSR count). The lowest BCUT2D eigenvalue weighted by Crippen LogP contribution is -2.43. The first-order valence-electron chi connectivity index (χ1n) is 8.71. The summed E-state index contributed by atoms with van der Waals surface area (Å²) in [6.07, 6.45) is -0.908. The maximum atomic E-state index is 12.0. The van der Waals surface area contributed by atoms with Crippen LogP contribution in [0.1, 0.15) is 46.3 Å². The summed E-state index contributed by atoms with van der Waals surface area (Å²) in [5.41, 5.74) is 0.695. The standard InChI is InChI=1S/C20H30O5Si/c1-9-23-19(22)14(2)18(24-15(3)21)16-11-10-12-17(13-16)25-26(7,8)20(4,5)6/h10-13,18H,2,9H2,1,3-8H3. The van der Waals surface area contributed by atoms with Crippen LogP contribution in [-0.4, -0.2) is 26.9 Å². The molecule has 0 bridgehead atoms. The van der Waals surface area contributed by atoms with Crippen molar-refractivity contribution < 1.29 is 23.5 Å². The van der Waals surface area contributed by atoms with Crippen molar-refractivity contribution in [2.24, 2.45) is 0 Å². The predicted molar refractivity (Wildman–Crippen MR) is 105 cm³/mol. The molecule has 0 aromatic heterocycles. The Balaban J connectivity index is 3.19. The maximum absolute atomic E-state index is 12.0. The van der Waals surface area contributed by atoms with Crippen molar-refractivity contribution in [2.75, 3.05) is 6.61 Å². The van der Waals surface area contributed by atoms with E-state index in [2.05, 4.69) is 40.4 Å². The maximum Gasteiger partial charge on any atom is 0.337 e. The van der Waals surface area contributed by atoms with Crippen LogP contribution in [0.5, 0.6) is 5.75 Å². The van der Waals surface area contributed by atoms with Crippen LogP contribution in [-0.2, 0) is 19.1 Å². The highest BCUT2D eigenvalue weighted by molar-refractivity contribution is 6.74. The number of rotatable bonds is 7. The molecule has 0 aliphatic carbocycles. The predicted octanol–water partition coefficient (Wildman–Crippen LogP) is 4.79. The van der Waals surface area contributed by atoms with Crippen LogP contribution in [0.15, 0.2) is 36.4 Å². The monoisotopic (exact) mass is 378 g/mol. The van der Waals surface area contributed by atoms with Crippen LogP contribution in [0, 0.1) is 0 Å². The number of carbonyl (C=O) groups is 2. The van der Waals surface area contributed by atoms with Gasteiger partial charge in [-0.2, -0.15) is 0 Å². The number of carbonyl (C=O) groups excluding carboxylic acids is 2. The molecule has 6 heteroatoms. The van der Waals surface area contributed by atoms with Crippen molar-refractivity contribution in [1.82, 2.24) is 0 Å². The Morgan fingerprint density at radius 2 is 1.85 bits per heavy atom. The van der Waals surface area contributed by atoms with Crippen molar-refractivity contribution >= 4 is 20.3 Å². The van der Waals surface area contributed by atoms with Gasteiger partial charge in [0.05, 0.1) is 12.2 Å². The molecule has 1 aromatic carbocycles. The molecule has 0 aliphatic rings. The van der Waals surface area contributed by atoms with Gasteiger partial charge in [0.25, 0.3) is 0 Å². The number of hydrogen-bond acceptors (Lipinski definition) is 5. The summed E-state index contributed by atoms with van der Waals surface area (Å²) in [6, 6.07) is 7.24. The van der Waals surface area contributed by atoms with E-state index in [-0.39, 0.29) is 17.2 Å². The molecule has 0 fully saturated rings. The second-order valence-electron chi connectivity index (χ2n) is 7.67. The van der Waals surface area contributed by atoms with Gasteiger partial charge in [0.2, 0.25) is 8.32 Å². The second-order valence-corrected chi connectivity index (χ2v) is 12.4. The van der Waals surface area contributed by atoms with Crippen LogP contribution in [0.4, 0.5) is 0 Å². The Hall–Kier alpha value is -2.08. The molecule has 0 aliphatic heterocycles. The molecule has 0 saturated heterocycles. The van der Waals surface area contributed by atoms with E-state index in [0.29, 0.717) is 11.3 Å². The minimum absolute atomic E-state index is 0.0484. The van der Waals surface area contributed by atoms with Crippen molar-refractivity contribution in [3.05, 3.63) is 42.0 Å². The quantitative estimate of drug-likeness (QED) is 0.388. The summed E-state index contributed by atoms with van der Waals surface area (Å²) in [6.45, 7) is 17.8. The largest absolute Gasteiger partial charge is 0.543 e. The van der Waals surface area contributed by atoms with Gasteiger partial charge in [0.15, 0.2) is 6.10 Å². The molecule has 0 radical (unpaired) electrons. The average Bonchev–Trinajstić information content (AvgIpc) is 2.50. The second kappa shape index (κ2) is 8.53. The molecular formula is C20H30O5Si. The van der Waals surface area contributed by atoms with Gasteiger partial charge in [-0.1, -0.05) is 39.5 Å². The van der Waals surface area contributed by atoms with Crippen LogP contribution in [0.3, 0.4) is 0 Å². The molecule has 0 N–H and O–H groups in total. The van der Waals surface area contributed by atoms with Gasteiger partial charge in [0, 0.05) is 12.5 Å². The summed E-state index contributed by atoms with van der Waals surface area (Å²) >= 11 is 0. The molecular weight excluding hydrogens is 348 g/mol. The third-order valence-corrected chi connectivity index (χ3v) is 8.84. The van der Waals surface area contributed by atoms with E-state index in [1.807, 2.05) is 12.1 Å². The Bertz CT molecular complexity index is 673. The molecule has 1 aromatic rings. The van der Waals surface area contributed by atoms with Crippen LogP contribution in [0.2, 0.25) is 18.1 Å². The van der Waals surface area contributed by atoms with E-state index in [0.717, 1.165) is 0 Å². The number of benzene rings is 1. The molecule has 1 atom stereocenters. The van der Waals surface area contributed by atoms with E-state index < -0.39 is 26.4 Å². The van der Waals surface area contributed by atoms with E-state index in [1.54, 1.807) is 19.1 Å². The molecule has 5 nitrogen and oxygen atoms in total. The third-order valence-electron chi connectivity index (χ3n) is 4.48. The van der Waals surface area contributed by atoms with Crippen LogP contribution >= 0.6 is 0 Å². The Morgan fingerprint density at radius 3 is 2.35 bits per heavy atom. The van der Waals surface area contributed by atoms with Gasteiger partial charge < -0.3 is 13.9 Å². The highest BCUT2D eigenvalue weighted by Crippen LogP contribution is 2.38. The lowest BCUT2D eigenvalue weighted by molar-refractivity contribution is -0.147. The van der Waals surface area contributed by atoms with E-state index >= 15 is 0 Å². The molecule has 0 amide bonds. The summed E-state index contributed by atoms with van der Waals surface area (Å²) in [5, 5.41) is 0.0484. The van der Waals surface area contributed by atoms with E-state index in [1.165, 1.54) is 6.92 Å². The fraction of sp³-hybridized carbons (Fsp3) is 0.500. The molecule has 0 heterocycles. The highest BCUT2D eigenvalue weighted by atomic mass is 28.4. The van der Waals surface area contributed by atoms with Gasteiger partial charge >= 0.3 is 11.9 Å². The summed E-state index contributed by atoms with van der Waals surface area (Å²) < 4.78 is 16.6. The first kappa shape index (κ1) is 22.0. The summed E-state index contributed by atoms with van der Waals surface area (Å²) in [4.78, 5) is 23.6. The first-order valence-corrected chi connectivity index (χ1v) is 11.6. The van der Waals surface area contributed by atoms with Gasteiger partial charge in [-0.3, -0.25) is 4.79 Å². The Kier molecular flexibility index (Phi) is 7.21. The normalized spacial score (nSPS) is 12.9. The molecule has 144 valence electrons. The Morgan fingerprint density at radius 1 is 1.23 bits per heavy atom. The SMILES string of the molecule is C=C(C(=O)OCC)C(OC(C)=O)c1cccc(O[Si](C)(C)C(C)(C)C)c1. The third kappa shape index (κ3) is 5.73.